The third-order valence-electron chi connectivity index (χ3n) is 3.51. The quantitative estimate of drug-likeness (QED) is 0.742. The molecule has 2 fully saturated rings. The summed E-state index contributed by atoms with van der Waals surface area (Å²) < 4.78 is 0. The van der Waals surface area contributed by atoms with Crippen LogP contribution < -0.4 is 5.32 Å². The molecule has 0 aromatic rings. The average Bonchev–Trinajstić information content (AvgIpc) is 3.00. The van der Waals surface area contributed by atoms with Gasteiger partial charge in [0.2, 0.25) is 0 Å². The van der Waals surface area contributed by atoms with Crippen molar-refractivity contribution in [3.05, 3.63) is 36.0 Å². The largest absolute Gasteiger partial charge is 0.312 e. The summed E-state index contributed by atoms with van der Waals surface area (Å²) in [7, 11) is 0. The van der Waals surface area contributed by atoms with Crippen molar-refractivity contribution in [2.75, 3.05) is 13.1 Å². The lowest BCUT2D eigenvalue weighted by atomic mass is 9.85. The fourth-order valence-electron chi connectivity index (χ4n) is 2.47. The zero-order valence-electron chi connectivity index (χ0n) is 9.68. The van der Waals surface area contributed by atoms with E-state index in [1.54, 1.807) is 5.57 Å². The SMILES string of the molecule is C=C/C=C1\C(=C/CCC)CNCC12CC2. The van der Waals surface area contributed by atoms with Gasteiger partial charge in [0.25, 0.3) is 0 Å². The molecule has 1 saturated heterocycles. The number of piperidine rings is 1. The van der Waals surface area contributed by atoms with E-state index in [-0.39, 0.29) is 0 Å². The van der Waals surface area contributed by atoms with Crippen molar-refractivity contribution >= 4 is 0 Å². The first-order valence-electron chi connectivity index (χ1n) is 6.06. The van der Waals surface area contributed by atoms with E-state index >= 15 is 0 Å². The molecule has 0 aromatic carbocycles. The number of rotatable bonds is 3. The van der Waals surface area contributed by atoms with Crippen molar-refractivity contribution in [3.8, 4) is 0 Å². The highest BCUT2D eigenvalue weighted by atomic mass is 14.9. The van der Waals surface area contributed by atoms with Gasteiger partial charge in [-0.3, -0.25) is 0 Å². The molecular weight excluding hydrogens is 182 g/mol. The van der Waals surface area contributed by atoms with Crippen molar-refractivity contribution in [1.82, 2.24) is 5.32 Å². The van der Waals surface area contributed by atoms with Crippen LogP contribution in [-0.4, -0.2) is 13.1 Å². The second-order valence-electron chi connectivity index (χ2n) is 4.72. The van der Waals surface area contributed by atoms with Crippen LogP contribution >= 0.6 is 0 Å². The Kier molecular flexibility index (Phi) is 3.11. The van der Waals surface area contributed by atoms with Gasteiger partial charge in [0.05, 0.1) is 0 Å². The minimum absolute atomic E-state index is 0.478. The summed E-state index contributed by atoms with van der Waals surface area (Å²) in [6.07, 6.45) is 11.7. The van der Waals surface area contributed by atoms with E-state index in [2.05, 4.69) is 31.0 Å². The minimum atomic E-state index is 0.478. The zero-order chi connectivity index (χ0) is 10.7. The number of hydrogen-bond acceptors (Lipinski definition) is 1. The van der Waals surface area contributed by atoms with Gasteiger partial charge in [0, 0.05) is 18.5 Å². The van der Waals surface area contributed by atoms with Gasteiger partial charge >= 0.3 is 0 Å². The van der Waals surface area contributed by atoms with Crippen molar-refractivity contribution in [1.29, 1.82) is 0 Å². The van der Waals surface area contributed by atoms with E-state index in [4.69, 9.17) is 0 Å². The summed E-state index contributed by atoms with van der Waals surface area (Å²) in [6.45, 7) is 8.28. The van der Waals surface area contributed by atoms with Crippen molar-refractivity contribution in [2.45, 2.75) is 32.6 Å². The van der Waals surface area contributed by atoms with E-state index in [1.807, 2.05) is 6.08 Å². The zero-order valence-corrected chi connectivity index (χ0v) is 9.68. The van der Waals surface area contributed by atoms with Gasteiger partial charge in [0.1, 0.15) is 0 Å². The van der Waals surface area contributed by atoms with Crippen LogP contribution in [-0.2, 0) is 0 Å². The Morgan fingerprint density at radius 3 is 2.87 bits per heavy atom. The van der Waals surface area contributed by atoms with Crippen LogP contribution in [0.2, 0.25) is 0 Å². The molecule has 1 nitrogen and oxygen atoms in total. The van der Waals surface area contributed by atoms with Crippen LogP contribution in [0.1, 0.15) is 32.6 Å². The molecule has 0 amide bonds. The fraction of sp³-hybridized carbons (Fsp3) is 0.571. The van der Waals surface area contributed by atoms with Gasteiger partial charge in [-0.1, -0.05) is 38.2 Å². The Bertz CT molecular complexity index is 305. The Hall–Kier alpha value is -0.820. The predicted molar refractivity (Wildman–Crippen MR) is 65.8 cm³/mol. The summed E-state index contributed by atoms with van der Waals surface area (Å²) >= 11 is 0. The second-order valence-corrected chi connectivity index (χ2v) is 4.72. The second kappa shape index (κ2) is 4.36. The molecule has 1 spiro atoms. The van der Waals surface area contributed by atoms with Gasteiger partial charge in [-0.05, 0) is 30.4 Å². The molecule has 1 N–H and O–H groups in total. The van der Waals surface area contributed by atoms with E-state index in [0.717, 1.165) is 13.1 Å². The molecule has 1 saturated carbocycles. The first-order valence-corrected chi connectivity index (χ1v) is 6.06. The summed E-state index contributed by atoms with van der Waals surface area (Å²) in [6, 6.07) is 0. The maximum atomic E-state index is 3.84. The molecule has 15 heavy (non-hydrogen) atoms. The number of hydrogen-bond donors (Lipinski definition) is 1. The van der Waals surface area contributed by atoms with E-state index < -0.39 is 0 Å². The molecule has 0 radical (unpaired) electrons. The Labute approximate surface area is 93.0 Å². The third kappa shape index (κ3) is 2.07. The topological polar surface area (TPSA) is 12.0 Å². The Morgan fingerprint density at radius 1 is 1.47 bits per heavy atom. The maximum Gasteiger partial charge on any atom is 0.0205 e. The van der Waals surface area contributed by atoms with Gasteiger partial charge in [-0.15, -0.1) is 0 Å². The van der Waals surface area contributed by atoms with Crippen LogP contribution in [0.25, 0.3) is 0 Å². The molecule has 0 atom stereocenters. The number of unbranched alkanes of at least 4 members (excludes halogenated alkanes) is 1. The lowest BCUT2D eigenvalue weighted by molar-refractivity contribution is 0.504. The molecule has 0 unspecified atom stereocenters. The molecule has 1 aliphatic heterocycles. The van der Waals surface area contributed by atoms with E-state index in [9.17, 15) is 0 Å². The summed E-state index contributed by atoms with van der Waals surface area (Å²) in [5.41, 5.74) is 3.55. The highest BCUT2D eigenvalue weighted by Gasteiger charge is 2.47. The molecule has 0 aromatic heterocycles. The lowest BCUT2D eigenvalue weighted by Crippen LogP contribution is -2.34. The maximum absolute atomic E-state index is 3.84. The molecule has 2 rings (SSSR count). The van der Waals surface area contributed by atoms with Crippen LogP contribution in [0.3, 0.4) is 0 Å². The average molecular weight is 203 g/mol. The normalized spacial score (nSPS) is 28.6. The van der Waals surface area contributed by atoms with Gasteiger partial charge in [0.15, 0.2) is 0 Å². The minimum Gasteiger partial charge on any atom is -0.312 e. The van der Waals surface area contributed by atoms with Crippen molar-refractivity contribution in [3.63, 3.8) is 0 Å². The number of nitrogens with one attached hydrogen (secondary N) is 1. The van der Waals surface area contributed by atoms with Crippen molar-refractivity contribution < 1.29 is 0 Å². The smallest absolute Gasteiger partial charge is 0.0205 e. The highest BCUT2D eigenvalue weighted by molar-refractivity contribution is 5.45. The van der Waals surface area contributed by atoms with Crippen LogP contribution in [0, 0.1) is 5.41 Å². The van der Waals surface area contributed by atoms with Crippen molar-refractivity contribution in [2.24, 2.45) is 5.41 Å². The van der Waals surface area contributed by atoms with E-state index in [1.165, 1.54) is 31.3 Å². The first kappa shape index (κ1) is 10.7. The van der Waals surface area contributed by atoms with Gasteiger partial charge in [-0.25, -0.2) is 0 Å². The predicted octanol–water partition coefficient (Wildman–Crippen LogP) is 3.21. The molecule has 1 heterocycles. The van der Waals surface area contributed by atoms with Crippen LogP contribution in [0.15, 0.2) is 36.0 Å². The Morgan fingerprint density at radius 2 is 2.27 bits per heavy atom. The first-order chi connectivity index (χ1) is 7.32. The van der Waals surface area contributed by atoms with Crippen LogP contribution in [0.4, 0.5) is 0 Å². The lowest BCUT2D eigenvalue weighted by Gasteiger charge is -2.29. The van der Waals surface area contributed by atoms with Crippen LogP contribution in [0.5, 0.6) is 0 Å². The summed E-state index contributed by atoms with van der Waals surface area (Å²) in [5, 5.41) is 3.54. The molecule has 1 aliphatic carbocycles. The standard InChI is InChI=1S/C14H21N/c1-3-5-7-12-10-15-11-14(8-9-14)13(12)6-4-2/h4,6-7,15H,2-3,5,8-11H2,1H3/b12-7-,13-6+. The Balaban J connectivity index is 2.22. The summed E-state index contributed by atoms with van der Waals surface area (Å²) in [4.78, 5) is 0. The molecule has 0 bridgehead atoms. The van der Waals surface area contributed by atoms with E-state index in [0.29, 0.717) is 5.41 Å². The third-order valence-corrected chi connectivity index (χ3v) is 3.51. The number of allylic oxidation sites excluding steroid dienone is 3. The molecular formula is C14H21N. The van der Waals surface area contributed by atoms with Gasteiger partial charge < -0.3 is 5.32 Å². The highest BCUT2D eigenvalue weighted by Crippen LogP contribution is 2.55. The fourth-order valence-corrected chi connectivity index (χ4v) is 2.47. The monoisotopic (exact) mass is 203 g/mol. The molecule has 82 valence electrons. The molecule has 2 aliphatic rings. The summed E-state index contributed by atoms with van der Waals surface area (Å²) in [5.74, 6) is 0. The van der Waals surface area contributed by atoms with Gasteiger partial charge in [-0.2, -0.15) is 0 Å². The molecule has 1 heteroatoms.